The number of alkyl halides is 3. The lowest BCUT2D eigenvalue weighted by Crippen LogP contribution is -2.31. The van der Waals surface area contributed by atoms with Crippen molar-refractivity contribution in [2.45, 2.75) is 24.3 Å². The van der Waals surface area contributed by atoms with Crippen molar-refractivity contribution in [2.75, 3.05) is 4.90 Å². The minimum absolute atomic E-state index is 0.00651. The number of aromatic nitrogens is 3. The second-order valence-corrected chi connectivity index (χ2v) is 8.77. The number of anilines is 2. The summed E-state index contributed by atoms with van der Waals surface area (Å²) in [5.41, 5.74) is 0.188. The van der Waals surface area contributed by atoms with Crippen molar-refractivity contribution in [3.05, 3.63) is 76.5 Å². The van der Waals surface area contributed by atoms with Gasteiger partial charge in [0.05, 0.1) is 28.8 Å². The summed E-state index contributed by atoms with van der Waals surface area (Å²) < 4.78 is 65.1. The molecule has 0 spiro atoms. The standard InChI is InChI=1S/C21H14F3N7O2S/c1-12-17(11-26)18(14-7-5-13(10-25)6-8-14)31-20(28-19(29-31)34(27,32)33)30(12)16-4-2-3-15(9-16)21(22,23)24/h2-9,18H,1H3,(H2,27,32,33)/t18-/m1/s1. The summed E-state index contributed by atoms with van der Waals surface area (Å²) in [4.78, 5) is 5.21. The average molecular weight is 485 g/mol. The van der Waals surface area contributed by atoms with Crippen molar-refractivity contribution in [3.63, 3.8) is 0 Å². The van der Waals surface area contributed by atoms with Gasteiger partial charge in [0.15, 0.2) is 0 Å². The topological polar surface area (TPSA) is 142 Å². The normalized spacial score (nSPS) is 16.1. The molecule has 2 aromatic carbocycles. The molecule has 0 saturated heterocycles. The Morgan fingerprint density at radius 3 is 2.32 bits per heavy atom. The molecule has 0 amide bonds. The molecular formula is C21H14F3N7O2S. The van der Waals surface area contributed by atoms with Gasteiger partial charge in [-0.3, -0.25) is 4.90 Å². The molecule has 0 unspecified atom stereocenters. The number of halogens is 3. The molecule has 3 aromatic rings. The van der Waals surface area contributed by atoms with Crippen molar-refractivity contribution in [1.82, 2.24) is 14.8 Å². The Labute approximate surface area is 191 Å². The average Bonchev–Trinajstić information content (AvgIpc) is 3.23. The number of benzene rings is 2. The second kappa shape index (κ2) is 7.98. The van der Waals surface area contributed by atoms with E-state index < -0.39 is 33.0 Å². The smallest absolute Gasteiger partial charge is 0.282 e. The van der Waals surface area contributed by atoms with E-state index in [2.05, 4.69) is 10.1 Å². The molecule has 1 aliphatic heterocycles. The molecule has 2 N–H and O–H groups in total. The molecule has 0 bridgehead atoms. The van der Waals surface area contributed by atoms with Crippen molar-refractivity contribution >= 4 is 21.7 Å². The highest BCUT2D eigenvalue weighted by Crippen LogP contribution is 2.43. The molecule has 4 rings (SSSR count). The predicted molar refractivity (Wildman–Crippen MR) is 113 cm³/mol. The number of allylic oxidation sites excluding steroid dienone is 2. The van der Waals surface area contributed by atoms with Crippen molar-refractivity contribution in [1.29, 1.82) is 10.5 Å². The number of hydrogen-bond acceptors (Lipinski definition) is 7. The molecule has 1 aliphatic rings. The van der Waals surface area contributed by atoms with Crippen LogP contribution in [-0.4, -0.2) is 23.2 Å². The summed E-state index contributed by atoms with van der Waals surface area (Å²) in [6, 6.07) is 13.5. The first-order valence-corrected chi connectivity index (χ1v) is 11.1. The second-order valence-electron chi connectivity index (χ2n) is 7.31. The largest absolute Gasteiger partial charge is 0.416 e. The Bertz CT molecular complexity index is 1510. The van der Waals surface area contributed by atoms with Crippen molar-refractivity contribution in [2.24, 2.45) is 5.14 Å². The summed E-state index contributed by atoms with van der Waals surface area (Å²) in [6.45, 7) is 1.50. The first-order valence-electron chi connectivity index (χ1n) is 9.53. The van der Waals surface area contributed by atoms with Crippen LogP contribution in [0.4, 0.5) is 24.8 Å². The van der Waals surface area contributed by atoms with Crippen molar-refractivity contribution in [3.8, 4) is 12.1 Å². The molecule has 0 saturated carbocycles. The van der Waals surface area contributed by atoms with E-state index in [1.165, 1.54) is 36.1 Å². The van der Waals surface area contributed by atoms with Crippen LogP contribution in [0.3, 0.4) is 0 Å². The van der Waals surface area contributed by atoms with Gasteiger partial charge in [0.1, 0.15) is 6.04 Å². The molecule has 1 atom stereocenters. The van der Waals surface area contributed by atoms with Gasteiger partial charge in [-0.1, -0.05) is 18.2 Å². The highest BCUT2D eigenvalue weighted by atomic mass is 32.2. The van der Waals surface area contributed by atoms with Gasteiger partial charge in [0.2, 0.25) is 5.95 Å². The lowest BCUT2D eigenvalue weighted by Gasteiger charge is -2.34. The Hall–Kier alpha value is -4.20. The van der Waals surface area contributed by atoms with Gasteiger partial charge in [-0.15, -0.1) is 5.10 Å². The number of rotatable bonds is 3. The van der Waals surface area contributed by atoms with E-state index in [-0.39, 0.29) is 22.9 Å². The summed E-state index contributed by atoms with van der Waals surface area (Å²) in [5.74, 6) is -0.144. The first-order chi connectivity index (χ1) is 16.0. The van der Waals surface area contributed by atoms with Crippen LogP contribution >= 0.6 is 0 Å². The Balaban J connectivity index is 2.00. The van der Waals surface area contributed by atoms with E-state index in [9.17, 15) is 26.9 Å². The zero-order chi connectivity index (χ0) is 24.8. The van der Waals surface area contributed by atoms with E-state index in [1.54, 1.807) is 12.1 Å². The van der Waals surface area contributed by atoms with Crippen LogP contribution < -0.4 is 10.0 Å². The third kappa shape index (κ3) is 3.87. The summed E-state index contributed by atoms with van der Waals surface area (Å²) in [6.07, 6.45) is -4.63. The molecule has 2 heterocycles. The highest BCUT2D eigenvalue weighted by molar-refractivity contribution is 7.89. The number of hydrogen-bond donors (Lipinski definition) is 1. The van der Waals surface area contributed by atoms with Gasteiger partial charge in [-0.25, -0.2) is 18.2 Å². The van der Waals surface area contributed by atoms with Crippen LogP contribution in [0.1, 0.15) is 29.7 Å². The number of nitrogens with zero attached hydrogens (tertiary/aromatic N) is 6. The van der Waals surface area contributed by atoms with E-state index >= 15 is 0 Å². The van der Waals surface area contributed by atoms with Gasteiger partial charge in [-0.05, 0) is 42.8 Å². The van der Waals surface area contributed by atoms with Crippen LogP contribution in [-0.2, 0) is 16.2 Å². The van der Waals surface area contributed by atoms with Crippen LogP contribution in [0.25, 0.3) is 0 Å². The zero-order valence-corrected chi connectivity index (χ0v) is 18.1. The van der Waals surface area contributed by atoms with E-state index in [0.29, 0.717) is 11.1 Å². The maximum absolute atomic E-state index is 13.3. The third-order valence-corrected chi connectivity index (χ3v) is 5.88. The van der Waals surface area contributed by atoms with Crippen LogP contribution in [0, 0.1) is 22.7 Å². The van der Waals surface area contributed by atoms with Crippen LogP contribution in [0.2, 0.25) is 0 Å². The fraction of sp³-hybridized carbons (Fsp3) is 0.143. The zero-order valence-electron chi connectivity index (χ0n) is 17.3. The van der Waals surface area contributed by atoms with E-state index in [1.807, 2.05) is 12.1 Å². The number of fused-ring (bicyclic) bond motifs is 1. The Morgan fingerprint density at radius 2 is 1.76 bits per heavy atom. The Morgan fingerprint density at radius 1 is 1.09 bits per heavy atom. The molecule has 34 heavy (non-hydrogen) atoms. The molecule has 13 heteroatoms. The monoisotopic (exact) mass is 485 g/mol. The predicted octanol–water partition coefficient (Wildman–Crippen LogP) is 3.35. The first kappa shape index (κ1) is 23.0. The SMILES string of the molecule is CC1=C(C#N)[C@@H](c2ccc(C#N)cc2)n2nc(S(N)(=O)=O)nc2N1c1cccc(C(F)(F)F)c1. The molecule has 0 radical (unpaired) electrons. The van der Waals surface area contributed by atoms with Crippen molar-refractivity contribution < 1.29 is 21.6 Å². The maximum Gasteiger partial charge on any atom is 0.416 e. The van der Waals surface area contributed by atoms with Crippen LogP contribution in [0.15, 0.2) is 65.0 Å². The van der Waals surface area contributed by atoms with Gasteiger partial charge < -0.3 is 0 Å². The van der Waals surface area contributed by atoms with Gasteiger partial charge in [0, 0.05) is 11.4 Å². The van der Waals surface area contributed by atoms with Gasteiger partial charge in [0.25, 0.3) is 15.2 Å². The fourth-order valence-electron chi connectivity index (χ4n) is 3.65. The fourth-order valence-corrected chi connectivity index (χ4v) is 4.06. The number of nitriles is 2. The van der Waals surface area contributed by atoms with E-state index in [4.69, 9.17) is 10.4 Å². The van der Waals surface area contributed by atoms with Gasteiger partial charge in [-0.2, -0.15) is 28.7 Å². The molecule has 9 nitrogen and oxygen atoms in total. The highest BCUT2D eigenvalue weighted by Gasteiger charge is 2.38. The minimum atomic E-state index is -4.63. The third-order valence-electron chi connectivity index (χ3n) is 5.20. The summed E-state index contributed by atoms with van der Waals surface area (Å²) in [7, 11) is -4.39. The lowest BCUT2D eigenvalue weighted by atomic mass is 9.95. The van der Waals surface area contributed by atoms with Crippen LogP contribution in [0.5, 0.6) is 0 Å². The van der Waals surface area contributed by atoms with E-state index in [0.717, 1.165) is 16.8 Å². The van der Waals surface area contributed by atoms with Gasteiger partial charge >= 0.3 is 6.18 Å². The molecule has 1 aromatic heterocycles. The maximum atomic E-state index is 13.3. The quantitative estimate of drug-likeness (QED) is 0.599. The minimum Gasteiger partial charge on any atom is -0.282 e. The number of sulfonamides is 1. The Kier molecular flexibility index (Phi) is 5.39. The lowest BCUT2D eigenvalue weighted by molar-refractivity contribution is -0.137. The molecule has 0 fully saturated rings. The molecule has 172 valence electrons. The molecule has 0 aliphatic carbocycles. The molecular weight excluding hydrogens is 471 g/mol. The number of nitrogens with two attached hydrogens (primary N) is 1. The summed E-state index contributed by atoms with van der Waals surface area (Å²) in [5, 5.41) is 27.5. The summed E-state index contributed by atoms with van der Waals surface area (Å²) >= 11 is 0. The number of primary sulfonamides is 1.